The molecule has 3 rings (SSSR count). The number of carboxylic acid groups (broad SMARTS) is 1. The molecule has 166 valence electrons. The minimum absolute atomic E-state index is 0.0720. The minimum atomic E-state index is -0.958. The second-order valence-electron chi connectivity index (χ2n) is 7.51. The molecule has 1 fully saturated rings. The number of rotatable bonds is 9. The first-order valence-electron chi connectivity index (χ1n) is 10.3. The molecule has 0 radical (unpaired) electrons. The maximum absolute atomic E-state index is 12.4. The first kappa shape index (κ1) is 22.4. The summed E-state index contributed by atoms with van der Waals surface area (Å²) in [6.45, 7) is 3.40. The molecular formula is C23H29N3O5. The molecule has 8 heteroatoms. The molecule has 0 unspecified atom stereocenters. The summed E-state index contributed by atoms with van der Waals surface area (Å²) in [5, 5.41) is 12.4. The monoisotopic (exact) mass is 427 g/mol. The van der Waals surface area contributed by atoms with E-state index in [2.05, 4.69) is 15.1 Å². The van der Waals surface area contributed by atoms with Gasteiger partial charge in [0.2, 0.25) is 5.91 Å². The number of aliphatic carboxylic acids is 1. The van der Waals surface area contributed by atoms with Crippen LogP contribution >= 0.6 is 0 Å². The Balaban J connectivity index is 1.50. The van der Waals surface area contributed by atoms with Crippen molar-refractivity contribution in [3.05, 3.63) is 48.5 Å². The zero-order valence-corrected chi connectivity index (χ0v) is 17.9. The quantitative estimate of drug-likeness (QED) is 0.635. The van der Waals surface area contributed by atoms with Crippen LogP contribution in [-0.2, 0) is 9.59 Å². The molecule has 2 aromatic carbocycles. The highest BCUT2D eigenvalue weighted by Gasteiger charge is 2.26. The molecule has 31 heavy (non-hydrogen) atoms. The van der Waals surface area contributed by atoms with Crippen molar-refractivity contribution >= 4 is 23.3 Å². The van der Waals surface area contributed by atoms with E-state index < -0.39 is 11.9 Å². The standard InChI is InChI=1S/C23H29N3O5/c1-30-20-8-6-18(7-9-20)24-22(27)14-17(23(28)29)16-25-10-12-26(13-11-25)19-4-3-5-21(15-19)31-2/h3-9,15,17H,10-14,16H2,1-2H3,(H,24,27)(H,28,29)/t17-/m1/s1. The van der Waals surface area contributed by atoms with Crippen molar-refractivity contribution < 1.29 is 24.2 Å². The van der Waals surface area contributed by atoms with Crippen LogP contribution in [0, 0.1) is 5.92 Å². The molecule has 1 heterocycles. The fraction of sp³-hybridized carbons (Fsp3) is 0.391. The first-order chi connectivity index (χ1) is 15.0. The second-order valence-corrected chi connectivity index (χ2v) is 7.51. The predicted octanol–water partition coefficient (Wildman–Crippen LogP) is 2.56. The number of piperazine rings is 1. The molecule has 1 aliphatic rings. The van der Waals surface area contributed by atoms with Crippen molar-refractivity contribution in [1.29, 1.82) is 0 Å². The molecule has 0 bridgehead atoms. The largest absolute Gasteiger partial charge is 0.497 e. The van der Waals surface area contributed by atoms with E-state index in [9.17, 15) is 14.7 Å². The lowest BCUT2D eigenvalue weighted by Crippen LogP contribution is -2.48. The lowest BCUT2D eigenvalue weighted by molar-refractivity contribution is -0.144. The lowest BCUT2D eigenvalue weighted by atomic mass is 10.0. The van der Waals surface area contributed by atoms with Crippen LogP contribution in [0.15, 0.2) is 48.5 Å². The van der Waals surface area contributed by atoms with Crippen molar-refractivity contribution in [2.45, 2.75) is 6.42 Å². The van der Waals surface area contributed by atoms with Gasteiger partial charge in [-0.25, -0.2) is 0 Å². The zero-order valence-electron chi connectivity index (χ0n) is 17.9. The third kappa shape index (κ3) is 6.36. The van der Waals surface area contributed by atoms with Gasteiger partial charge in [-0.1, -0.05) is 6.07 Å². The number of amides is 1. The smallest absolute Gasteiger partial charge is 0.308 e. The van der Waals surface area contributed by atoms with E-state index in [1.165, 1.54) is 0 Å². The number of benzene rings is 2. The molecule has 1 atom stereocenters. The molecule has 1 amide bonds. The van der Waals surface area contributed by atoms with Gasteiger partial charge >= 0.3 is 5.97 Å². The van der Waals surface area contributed by atoms with Gasteiger partial charge in [0.1, 0.15) is 11.5 Å². The molecule has 1 saturated heterocycles. The normalized spacial score (nSPS) is 15.2. The van der Waals surface area contributed by atoms with Crippen LogP contribution in [0.5, 0.6) is 11.5 Å². The van der Waals surface area contributed by atoms with E-state index in [0.717, 1.165) is 37.6 Å². The van der Waals surface area contributed by atoms with Crippen molar-refractivity contribution in [3.63, 3.8) is 0 Å². The van der Waals surface area contributed by atoms with Gasteiger partial charge < -0.3 is 24.8 Å². The molecular weight excluding hydrogens is 398 g/mol. The van der Waals surface area contributed by atoms with Crippen LogP contribution in [0.2, 0.25) is 0 Å². The number of ether oxygens (including phenoxy) is 2. The highest BCUT2D eigenvalue weighted by molar-refractivity contribution is 5.93. The van der Waals surface area contributed by atoms with Crippen molar-refractivity contribution in [3.8, 4) is 11.5 Å². The van der Waals surface area contributed by atoms with Crippen LogP contribution in [0.1, 0.15) is 6.42 Å². The van der Waals surface area contributed by atoms with Crippen molar-refractivity contribution in [1.82, 2.24) is 4.90 Å². The van der Waals surface area contributed by atoms with Gasteiger partial charge in [0.25, 0.3) is 0 Å². The second kappa shape index (κ2) is 10.7. The fourth-order valence-corrected chi connectivity index (χ4v) is 3.65. The molecule has 2 N–H and O–H groups in total. The van der Waals surface area contributed by atoms with Crippen LogP contribution in [0.3, 0.4) is 0 Å². The van der Waals surface area contributed by atoms with Crippen molar-refractivity contribution in [2.24, 2.45) is 5.92 Å². The van der Waals surface area contributed by atoms with Crippen LogP contribution < -0.4 is 19.7 Å². The third-order valence-electron chi connectivity index (χ3n) is 5.42. The van der Waals surface area contributed by atoms with Gasteiger partial charge in [-0.05, 0) is 36.4 Å². The van der Waals surface area contributed by atoms with Gasteiger partial charge in [0, 0.05) is 56.6 Å². The van der Waals surface area contributed by atoms with Gasteiger partial charge in [-0.15, -0.1) is 0 Å². The number of carbonyl (C=O) groups excluding carboxylic acids is 1. The molecule has 0 saturated carbocycles. The molecule has 2 aromatic rings. The van der Waals surface area contributed by atoms with Gasteiger partial charge in [-0.2, -0.15) is 0 Å². The summed E-state index contributed by atoms with van der Waals surface area (Å²) in [6.07, 6.45) is -0.0720. The predicted molar refractivity (Wildman–Crippen MR) is 119 cm³/mol. The van der Waals surface area contributed by atoms with Crippen LogP contribution in [-0.4, -0.2) is 68.8 Å². The third-order valence-corrected chi connectivity index (χ3v) is 5.42. The maximum Gasteiger partial charge on any atom is 0.308 e. The van der Waals surface area contributed by atoms with Gasteiger partial charge in [0.05, 0.1) is 20.1 Å². The van der Waals surface area contributed by atoms with E-state index >= 15 is 0 Å². The molecule has 0 aromatic heterocycles. The number of hydrogen-bond donors (Lipinski definition) is 2. The van der Waals surface area contributed by atoms with E-state index in [0.29, 0.717) is 18.0 Å². The Morgan fingerprint density at radius 3 is 2.29 bits per heavy atom. The number of nitrogens with zero attached hydrogens (tertiary/aromatic N) is 2. The summed E-state index contributed by atoms with van der Waals surface area (Å²) in [6, 6.07) is 14.9. The van der Waals surface area contributed by atoms with Crippen LogP contribution in [0.4, 0.5) is 11.4 Å². The summed E-state index contributed by atoms with van der Waals surface area (Å²) in [4.78, 5) is 28.5. The van der Waals surface area contributed by atoms with E-state index in [1.54, 1.807) is 38.5 Å². The Kier molecular flexibility index (Phi) is 7.72. The van der Waals surface area contributed by atoms with Gasteiger partial charge in [-0.3, -0.25) is 14.5 Å². The Morgan fingerprint density at radius 1 is 1.00 bits per heavy atom. The molecule has 1 aliphatic heterocycles. The van der Waals surface area contributed by atoms with Crippen molar-refractivity contribution in [2.75, 3.05) is 57.2 Å². The number of nitrogens with one attached hydrogen (secondary N) is 1. The number of carboxylic acids is 1. The van der Waals surface area contributed by atoms with Gasteiger partial charge in [0.15, 0.2) is 0 Å². The summed E-state index contributed by atoms with van der Waals surface area (Å²) < 4.78 is 10.4. The summed E-state index contributed by atoms with van der Waals surface area (Å²) >= 11 is 0. The molecule has 0 aliphatic carbocycles. The fourth-order valence-electron chi connectivity index (χ4n) is 3.65. The Morgan fingerprint density at radius 2 is 1.68 bits per heavy atom. The lowest BCUT2D eigenvalue weighted by Gasteiger charge is -2.37. The molecule has 0 spiro atoms. The highest BCUT2D eigenvalue weighted by Crippen LogP contribution is 2.23. The average molecular weight is 428 g/mol. The highest BCUT2D eigenvalue weighted by atomic mass is 16.5. The number of carbonyl (C=O) groups is 2. The Labute approximate surface area is 182 Å². The summed E-state index contributed by atoms with van der Waals surface area (Å²) in [5.41, 5.74) is 1.70. The average Bonchev–Trinajstić information content (AvgIpc) is 2.79. The summed E-state index contributed by atoms with van der Waals surface area (Å²) in [7, 11) is 3.22. The van der Waals surface area contributed by atoms with E-state index in [4.69, 9.17) is 9.47 Å². The molecule has 8 nitrogen and oxygen atoms in total. The van der Waals surface area contributed by atoms with E-state index in [1.807, 2.05) is 24.3 Å². The minimum Gasteiger partial charge on any atom is -0.497 e. The Hall–Kier alpha value is -3.26. The topological polar surface area (TPSA) is 91.3 Å². The number of hydrogen-bond acceptors (Lipinski definition) is 6. The van der Waals surface area contributed by atoms with Crippen LogP contribution in [0.25, 0.3) is 0 Å². The maximum atomic E-state index is 12.4. The van der Waals surface area contributed by atoms with E-state index in [-0.39, 0.29) is 12.3 Å². The summed E-state index contributed by atoms with van der Waals surface area (Å²) in [5.74, 6) is -0.530. The Bertz CT molecular complexity index is 879. The first-order valence-corrected chi connectivity index (χ1v) is 10.3. The number of methoxy groups -OCH3 is 2. The zero-order chi connectivity index (χ0) is 22.2. The number of anilines is 2. The SMILES string of the molecule is COc1ccc(NC(=O)C[C@H](CN2CCN(c3cccc(OC)c3)CC2)C(=O)O)cc1.